The molecule has 0 saturated carbocycles. The maximum Gasteiger partial charge on any atom is 0.228 e. The molecule has 0 aliphatic carbocycles. The van der Waals surface area contributed by atoms with E-state index < -0.39 is 0 Å². The van der Waals surface area contributed by atoms with Crippen LogP contribution in [-0.4, -0.2) is 22.3 Å². The molecule has 17 heavy (non-hydrogen) atoms. The van der Waals surface area contributed by atoms with E-state index >= 15 is 0 Å². The molecule has 0 radical (unpaired) electrons. The second kappa shape index (κ2) is 4.11. The monoisotopic (exact) mass is 290 g/mol. The SMILES string of the molecule is O=C1CC(Br)CN1c1cncc2ccccc12. The second-order valence-corrected chi connectivity index (χ2v) is 5.48. The van der Waals surface area contributed by atoms with Gasteiger partial charge in [0.25, 0.3) is 0 Å². The molecule has 0 bridgehead atoms. The molecule has 0 N–H and O–H groups in total. The molecule has 4 heteroatoms. The molecule has 1 aromatic heterocycles. The first-order valence-corrected chi connectivity index (χ1v) is 6.44. The van der Waals surface area contributed by atoms with Gasteiger partial charge in [-0.3, -0.25) is 9.78 Å². The molecule has 1 amide bonds. The average molecular weight is 291 g/mol. The van der Waals surface area contributed by atoms with Crippen LogP contribution in [0.15, 0.2) is 36.7 Å². The van der Waals surface area contributed by atoms with E-state index in [2.05, 4.69) is 20.9 Å². The molecule has 3 rings (SSSR count). The van der Waals surface area contributed by atoms with Crippen LogP contribution in [0, 0.1) is 0 Å². The number of alkyl halides is 1. The Balaban J connectivity index is 2.14. The summed E-state index contributed by atoms with van der Waals surface area (Å²) in [4.78, 5) is 18.2. The van der Waals surface area contributed by atoms with Crippen molar-refractivity contribution < 1.29 is 4.79 Å². The van der Waals surface area contributed by atoms with Crippen LogP contribution in [0.5, 0.6) is 0 Å². The number of hydrogen-bond donors (Lipinski definition) is 0. The summed E-state index contributed by atoms with van der Waals surface area (Å²) in [7, 11) is 0. The predicted molar refractivity (Wildman–Crippen MR) is 71.4 cm³/mol. The minimum atomic E-state index is 0.157. The van der Waals surface area contributed by atoms with E-state index in [1.165, 1.54) is 0 Å². The largest absolute Gasteiger partial charge is 0.309 e. The van der Waals surface area contributed by atoms with Crippen molar-refractivity contribution >= 4 is 38.3 Å². The molecule has 1 unspecified atom stereocenters. The van der Waals surface area contributed by atoms with E-state index in [0.717, 1.165) is 16.5 Å². The Morgan fingerprint density at radius 1 is 1.29 bits per heavy atom. The summed E-state index contributed by atoms with van der Waals surface area (Å²) in [6.07, 6.45) is 4.15. The van der Waals surface area contributed by atoms with Crippen molar-refractivity contribution in [2.75, 3.05) is 11.4 Å². The summed E-state index contributed by atoms with van der Waals surface area (Å²) in [6.45, 7) is 0.717. The van der Waals surface area contributed by atoms with Crippen molar-refractivity contribution in [3.8, 4) is 0 Å². The molecule has 1 fully saturated rings. The molecular formula is C13H11BrN2O. The van der Waals surface area contributed by atoms with Crippen molar-refractivity contribution in [3.05, 3.63) is 36.7 Å². The molecule has 1 aliphatic heterocycles. The third-order valence-electron chi connectivity index (χ3n) is 3.02. The van der Waals surface area contributed by atoms with Gasteiger partial charge in [0, 0.05) is 34.8 Å². The number of carbonyl (C=O) groups excluding carboxylic acids is 1. The Labute approximate surface area is 108 Å². The third kappa shape index (κ3) is 1.82. The van der Waals surface area contributed by atoms with Crippen molar-refractivity contribution in [2.24, 2.45) is 0 Å². The summed E-state index contributed by atoms with van der Waals surface area (Å²) in [5, 5.41) is 2.15. The summed E-state index contributed by atoms with van der Waals surface area (Å²) < 4.78 is 0. The topological polar surface area (TPSA) is 33.2 Å². The molecule has 1 saturated heterocycles. The molecule has 1 aliphatic rings. The van der Waals surface area contributed by atoms with Gasteiger partial charge in [-0.1, -0.05) is 40.2 Å². The number of pyridine rings is 1. The number of anilines is 1. The fourth-order valence-electron chi connectivity index (χ4n) is 2.21. The fraction of sp³-hybridized carbons (Fsp3) is 0.231. The Morgan fingerprint density at radius 2 is 2.12 bits per heavy atom. The highest BCUT2D eigenvalue weighted by atomic mass is 79.9. The van der Waals surface area contributed by atoms with Crippen LogP contribution in [0.2, 0.25) is 0 Å². The van der Waals surface area contributed by atoms with Gasteiger partial charge in [0.15, 0.2) is 0 Å². The molecule has 2 heterocycles. The van der Waals surface area contributed by atoms with E-state index in [4.69, 9.17) is 0 Å². The highest BCUT2D eigenvalue weighted by molar-refractivity contribution is 9.09. The van der Waals surface area contributed by atoms with Crippen LogP contribution in [0.4, 0.5) is 5.69 Å². The smallest absolute Gasteiger partial charge is 0.228 e. The number of carbonyl (C=O) groups is 1. The number of halogens is 1. The van der Waals surface area contributed by atoms with E-state index in [0.29, 0.717) is 13.0 Å². The van der Waals surface area contributed by atoms with Crippen molar-refractivity contribution in [2.45, 2.75) is 11.2 Å². The number of amides is 1. The first-order chi connectivity index (χ1) is 8.25. The zero-order chi connectivity index (χ0) is 11.8. The molecule has 1 aromatic carbocycles. The maximum atomic E-state index is 11.9. The number of fused-ring (bicyclic) bond motifs is 1. The summed E-state index contributed by atoms with van der Waals surface area (Å²) >= 11 is 3.50. The lowest BCUT2D eigenvalue weighted by Gasteiger charge is -2.17. The normalized spacial score (nSPS) is 20.2. The zero-order valence-electron chi connectivity index (χ0n) is 9.14. The van der Waals surface area contributed by atoms with Gasteiger partial charge < -0.3 is 4.90 Å². The Kier molecular flexibility index (Phi) is 2.59. The first kappa shape index (κ1) is 10.7. The van der Waals surface area contributed by atoms with Crippen LogP contribution >= 0.6 is 15.9 Å². The lowest BCUT2D eigenvalue weighted by Crippen LogP contribution is -2.24. The lowest BCUT2D eigenvalue weighted by molar-refractivity contribution is -0.117. The number of nitrogens with zero attached hydrogens (tertiary/aromatic N) is 2. The van der Waals surface area contributed by atoms with Crippen LogP contribution in [0.3, 0.4) is 0 Å². The van der Waals surface area contributed by atoms with Gasteiger partial charge in [-0.25, -0.2) is 0 Å². The quantitative estimate of drug-likeness (QED) is 0.757. The predicted octanol–water partition coefficient (Wildman–Crippen LogP) is 2.74. The minimum Gasteiger partial charge on any atom is -0.309 e. The van der Waals surface area contributed by atoms with Crippen molar-refractivity contribution in [1.29, 1.82) is 0 Å². The van der Waals surface area contributed by atoms with Gasteiger partial charge in [0.05, 0.1) is 11.9 Å². The lowest BCUT2D eigenvalue weighted by atomic mass is 10.1. The van der Waals surface area contributed by atoms with Crippen LogP contribution < -0.4 is 4.90 Å². The van der Waals surface area contributed by atoms with Crippen LogP contribution in [0.25, 0.3) is 10.8 Å². The van der Waals surface area contributed by atoms with Crippen LogP contribution in [0.1, 0.15) is 6.42 Å². The summed E-state index contributed by atoms with van der Waals surface area (Å²) in [5.74, 6) is 0.157. The Morgan fingerprint density at radius 3 is 2.88 bits per heavy atom. The first-order valence-electron chi connectivity index (χ1n) is 5.53. The van der Waals surface area contributed by atoms with E-state index in [1.807, 2.05) is 35.4 Å². The highest BCUT2D eigenvalue weighted by Crippen LogP contribution is 2.30. The number of aromatic nitrogens is 1. The van der Waals surface area contributed by atoms with Crippen molar-refractivity contribution in [3.63, 3.8) is 0 Å². The van der Waals surface area contributed by atoms with E-state index in [1.54, 1.807) is 6.20 Å². The highest BCUT2D eigenvalue weighted by Gasteiger charge is 2.29. The average Bonchev–Trinajstić information content (AvgIpc) is 2.68. The molecule has 3 nitrogen and oxygen atoms in total. The molecular weight excluding hydrogens is 280 g/mol. The maximum absolute atomic E-state index is 11.9. The van der Waals surface area contributed by atoms with Gasteiger partial charge >= 0.3 is 0 Å². The van der Waals surface area contributed by atoms with Gasteiger partial charge in [0.2, 0.25) is 5.91 Å². The van der Waals surface area contributed by atoms with Gasteiger partial charge in [0.1, 0.15) is 0 Å². The third-order valence-corrected chi connectivity index (χ3v) is 3.63. The van der Waals surface area contributed by atoms with Gasteiger partial charge in [-0.15, -0.1) is 0 Å². The Bertz CT molecular complexity index is 579. The number of benzene rings is 1. The molecule has 2 aromatic rings. The summed E-state index contributed by atoms with van der Waals surface area (Å²) in [5.41, 5.74) is 0.912. The van der Waals surface area contributed by atoms with E-state index in [-0.39, 0.29) is 10.7 Å². The minimum absolute atomic E-state index is 0.157. The Hall–Kier alpha value is -1.42. The fourth-order valence-corrected chi connectivity index (χ4v) is 2.78. The number of rotatable bonds is 1. The van der Waals surface area contributed by atoms with Gasteiger partial charge in [-0.05, 0) is 0 Å². The summed E-state index contributed by atoms with van der Waals surface area (Å²) in [6, 6.07) is 8.00. The van der Waals surface area contributed by atoms with Gasteiger partial charge in [-0.2, -0.15) is 0 Å². The van der Waals surface area contributed by atoms with Crippen molar-refractivity contribution in [1.82, 2.24) is 4.98 Å². The molecule has 1 atom stereocenters. The molecule has 86 valence electrons. The number of hydrogen-bond acceptors (Lipinski definition) is 2. The molecule has 0 spiro atoms. The van der Waals surface area contributed by atoms with E-state index in [9.17, 15) is 4.79 Å². The van der Waals surface area contributed by atoms with Crippen LogP contribution in [-0.2, 0) is 4.79 Å². The second-order valence-electron chi connectivity index (χ2n) is 4.19. The standard InChI is InChI=1S/C13H11BrN2O/c14-10-5-13(17)16(8-10)12-7-15-6-9-3-1-2-4-11(9)12/h1-4,6-7,10H,5,8H2. The zero-order valence-corrected chi connectivity index (χ0v) is 10.7.